The van der Waals surface area contributed by atoms with Crippen LogP contribution in [0.15, 0.2) is 29.2 Å². The number of carboxylic acid groups (broad SMARTS) is 1. The minimum atomic E-state index is -3.92. The Morgan fingerprint density at radius 2 is 2.00 bits per heavy atom. The van der Waals surface area contributed by atoms with Gasteiger partial charge in [0.2, 0.25) is 0 Å². The van der Waals surface area contributed by atoms with Crippen LogP contribution in [0.2, 0.25) is 0 Å². The first kappa shape index (κ1) is 12.6. The van der Waals surface area contributed by atoms with E-state index in [0.29, 0.717) is 0 Å². The summed E-state index contributed by atoms with van der Waals surface area (Å²) >= 11 is 0. The molecular formula is C10H11FO4S. The first-order valence-corrected chi connectivity index (χ1v) is 6.10. The first-order chi connectivity index (χ1) is 7.35. The van der Waals surface area contributed by atoms with E-state index in [-0.39, 0.29) is 0 Å². The molecule has 88 valence electrons. The third-order valence-corrected chi connectivity index (χ3v) is 4.31. The number of benzene rings is 1. The zero-order chi connectivity index (χ0) is 12.3. The van der Waals surface area contributed by atoms with Gasteiger partial charge >= 0.3 is 5.97 Å². The second-order valence-electron chi connectivity index (χ2n) is 3.38. The van der Waals surface area contributed by atoms with Crippen LogP contribution in [0.25, 0.3) is 0 Å². The van der Waals surface area contributed by atoms with Crippen LogP contribution in [0.4, 0.5) is 4.39 Å². The Balaban J connectivity index is 3.12. The summed E-state index contributed by atoms with van der Waals surface area (Å²) in [7, 11) is -3.92. The van der Waals surface area contributed by atoms with Gasteiger partial charge in [-0.05, 0) is 19.1 Å². The number of aliphatic carboxylic acids is 1. The molecule has 0 saturated heterocycles. The zero-order valence-electron chi connectivity index (χ0n) is 8.55. The highest BCUT2D eigenvalue weighted by Gasteiger charge is 2.27. The lowest BCUT2D eigenvalue weighted by molar-refractivity contribution is -0.136. The monoisotopic (exact) mass is 246 g/mol. The van der Waals surface area contributed by atoms with Gasteiger partial charge in [0.15, 0.2) is 9.84 Å². The molecule has 6 heteroatoms. The molecule has 1 rings (SSSR count). The van der Waals surface area contributed by atoms with Crippen molar-refractivity contribution in [2.45, 2.75) is 23.5 Å². The number of sulfone groups is 1. The van der Waals surface area contributed by atoms with Crippen LogP contribution in [0.3, 0.4) is 0 Å². The molecule has 4 nitrogen and oxygen atoms in total. The van der Waals surface area contributed by atoms with E-state index in [9.17, 15) is 17.6 Å². The summed E-state index contributed by atoms with van der Waals surface area (Å²) in [5, 5.41) is 7.35. The molecule has 0 aromatic heterocycles. The van der Waals surface area contributed by atoms with Crippen LogP contribution < -0.4 is 0 Å². The molecular weight excluding hydrogens is 235 g/mol. The van der Waals surface area contributed by atoms with Crippen molar-refractivity contribution < 1.29 is 22.7 Å². The fourth-order valence-corrected chi connectivity index (χ4v) is 2.65. The molecule has 0 heterocycles. The fourth-order valence-electron chi connectivity index (χ4n) is 1.25. The molecule has 0 amide bonds. The summed E-state index contributed by atoms with van der Waals surface area (Å²) in [6.07, 6.45) is -0.545. The molecule has 0 aliphatic heterocycles. The molecule has 0 aliphatic rings. The van der Waals surface area contributed by atoms with Crippen molar-refractivity contribution in [1.82, 2.24) is 0 Å². The third kappa shape index (κ3) is 2.57. The Bertz CT molecular complexity index is 495. The number of hydrogen-bond donors (Lipinski definition) is 1. The molecule has 16 heavy (non-hydrogen) atoms. The predicted molar refractivity (Wildman–Crippen MR) is 55.3 cm³/mol. The van der Waals surface area contributed by atoms with E-state index in [1.54, 1.807) is 0 Å². The molecule has 1 atom stereocenters. The van der Waals surface area contributed by atoms with Gasteiger partial charge in [-0.2, -0.15) is 0 Å². The van der Waals surface area contributed by atoms with Crippen LogP contribution in [-0.4, -0.2) is 24.7 Å². The van der Waals surface area contributed by atoms with Gasteiger partial charge in [0, 0.05) is 0 Å². The molecule has 0 aliphatic carbocycles. The quantitative estimate of drug-likeness (QED) is 0.873. The number of carbonyl (C=O) groups is 1. The van der Waals surface area contributed by atoms with Crippen molar-refractivity contribution in [2.75, 3.05) is 0 Å². The Hall–Kier alpha value is -1.43. The van der Waals surface area contributed by atoms with E-state index in [2.05, 4.69) is 0 Å². The number of halogens is 1. The summed E-state index contributed by atoms with van der Waals surface area (Å²) in [4.78, 5) is 9.96. The Morgan fingerprint density at radius 1 is 1.44 bits per heavy atom. The van der Waals surface area contributed by atoms with Gasteiger partial charge in [0.25, 0.3) is 0 Å². The summed E-state index contributed by atoms with van der Waals surface area (Å²) in [6, 6.07) is 4.92. The maximum absolute atomic E-state index is 13.3. The highest BCUT2D eigenvalue weighted by atomic mass is 32.2. The first-order valence-electron chi connectivity index (χ1n) is 4.56. The number of hydrogen-bond acceptors (Lipinski definition) is 3. The molecule has 0 fully saturated rings. The minimum absolute atomic E-state index is 0.455. The van der Waals surface area contributed by atoms with E-state index < -0.39 is 38.2 Å². The molecule has 0 spiro atoms. The third-order valence-electron chi connectivity index (χ3n) is 2.13. The van der Waals surface area contributed by atoms with Gasteiger partial charge in [-0.3, -0.25) is 4.79 Å². The van der Waals surface area contributed by atoms with E-state index in [4.69, 9.17) is 5.11 Å². The lowest BCUT2D eigenvalue weighted by Gasteiger charge is -2.11. The van der Waals surface area contributed by atoms with Crippen molar-refractivity contribution in [1.29, 1.82) is 0 Å². The summed E-state index contributed by atoms with van der Waals surface area (Å²) in [5.74, 6) is -2.09. The largest absolute Gasteiger partial charge is 0.481 e. The average Bonchev–Trinajstić information content (AvgIpc) is 2.16. The van der Waals surface area contributed by atoms with Crippen LogP contribution in [0.5, 0.6) is 0 Å². The van der Waals surface area contributed by atoms with Crippen LogP contribution >= 0.6 is 0 Å². The Kier molecular flexibility index (Phi) is 3.64. The van der Waals surface area contributed by atoms with E-state index in [0.717, 1.165) is 12.1 Å². The van der Waals surface area contributed by atoms with Gasteiger partial charge in [-0.25, -0.2) is 12.8 Å². The normalized spacial score (nSPS) is 13.4. The molecule has 0 radical (unpaired) electrons. The molecule has 1 aromatic carbocycles. The van der Waals surface area contributed by atoms with Crippen molar-refractivity contribution in [3.05, 3.63) is 30.1 Å². The van der Waals surface area contributed by atoms with Gasteiger partial charge in [-0.1, -0.05) is 12.1 Å². The van der Waals surface area contributed by atoms with Crippen LogP contribution in [0, 0.1) is 5.82 Å². The zero-order valence-corrected chi connectivity index (χ0v) is 9.37. The molecule has 1 N–H and O–H groups in total. The van der Waals surface area contributed by atoms with E-state index >= 15 is 0 Å². The number of rotatable bonds is 4. The Labute approximate surface area is 92.6 Å². The second kappa shape index (κ2) is 4.61. The van der Waals surface area contributed by atoms with Gasteiger partial charge in [0.1, 0.15) is 10.7 Å². The standard InChI is InChI=1S/C10H11FO4S/c1-7(6-10(12)13)16(14,15)9-5-3-2-4-8(9)11/h2-5,7H,6H2,1H3,(H,12,13). The molecule has 0 bridgehead atoms. The van der Waals surface area contributed by atoms with Crippen molar-refractivity contribution in [3.63, 3.8) is 0 Å². The predicted octanol–water partition coefficient (Wildman–Crippen LogP) is 1.46. The van der Waals surface area contributed by atoms with E-state index in [1.807, 2.05) is 0 Å². The van der Waals surface area contributed by atoms with Gasteiger partial charge < -0.3 is 5.11 Å². The summed E-state index contributed by atoms with van der Waals surface area (Å²) in [6.45, 7) is 1.25. The fraction of sp³-hybridized carbons (Fsp3) is 0.300. The van der Waals surface area contributed by atoms with Gasteiger partial charge in [-0.15, -0.1) is 0 Å². The maximum atomic E-state index is 13.3. The lowest BCUT2D eigenvalue weighted by Crippen LogP contribution is -2.22. The average molecular weight is 246 g/mol. The topological polar surface area (TPSA) is 71.4 Å². The van der Waals surface area contributed by atoms with E-state index in [1.165, 1.54) is 19.1 Å². The summed E-state index contributed by atoms with van der Waals surface area (Å²) < 4.78 is 36.8. The molecule has 1 aromatic rings. The van der Waals surface area contributed by atoms with Crippen LogP contribution in [-0.2, 0) is 14.6 Å². The van der Waals surface area contributed by atoms with Gasteiger partial charge in [0.05, 0.1) is 11.7 Å². The SMILES string of the molecule is CC(CC(=O)O)S(=O)(=O)c1ccccc1F. The second-order valence-corrected chi connectivity index (χ2v) is 5.72. The highest BCUT2D eigenvalue weighted by Crippen LogP contribution is 2.20. The Morgan fingerprint density at radius 3 is 2.50 bits per heavy atom. The molecule has 0 saturated carbocycles. The van der Waals surface area contributed by atoms with Crippen LogP contribution in [0.1, 0.15) is 13.3 Å². The summed E-state index contributed by atoms with van der Waals surface area (Å²) in [5.41, 5.74) is 0. The minimum Gasteiger partial charge on any atom is -0.481 e. The lowest BCUT2D eigenvalue weighted by atomic mass is 10.3. The maximum Gasteiger partial charge on any atom is 0.304 e. The molecule has 1 unspecified atom stereocenters. The number of carboxylic acids is 1. The highest BCUT2D eigenvalue weighted by molar-refractivity contribution is 7.92. The van der Waals surface area contributed by atoms with Crippen molar-refractivity contribution in [2.24, 2.45) is 0 Å². The van der Waals surface area contributed by atoms with Crippen molar-refractivity contribution >= 4 is 15.8 Å². The van der Waals surface area contributed by atoms with Crippen molar-refractivity contribution in [3.8, 4) is 0 Å². The smallest absolute Gasteiger partial charge is 0.304 e.